The van der Waals surface area contributed by atoms with Crippen LogP contribution in [0.4, 0.5) is 0 Å². The van der Waals surface area contributed by atoms with Crippen LogP contribution in [-0.4, -0.2) is 40.5 Å². The van der Waals surface area contributed by atoms with E-state index in [1.807, 2.05) is 6.26 Å². The summed E-state index contributed by atoms with van der Waals surface area (Å²) < 4.78 is 10.3. The summed E-state index contributed by atoms with van der Waals surface area (Å²) in [6.45, 7) is 1.84. The van der Waals surface area contributed by atoms with Crippen LogP contribution in [0.15, 0.2) is 11.4 Å². The number of ether oxygens (including phenoxy) is 2. The van der Waals surface area contributed by atoms with E-state index in [2.05, 4.69) is 9.97 Å². The molecule has 0 radical (unpaired) electrons. The largest absolute Gasteiger partial charge is 0.478 e. The summed E-state index contributed by atoms with van der Waals surface area (Å²) in [5.74, 6) is 0.0950. The molecule has 1 unspecified atom stereocenters. The molecule has 0 saturated heterocycles. The molecule has 2 rings (SSSR count). The Hall–Kier alpha value is -1.34. The van der Waals surface area contributed by atoms with Gasteiger partial charge < -0.3 is 14.6 Å². The van der Waals surface area contributed by atoms with Crippen LogP contribution in [0, 0.1) is 5.92 Å². The van der Waals surface area contributed by atoms with Gasteiger partial charge in [-0.05, 0) is 31.9 Å². The second-order valence-electron chi connectivity index (χ2n) is 5.19. The number of aromatic nitrogens is 2. The molecule has 1 fully saturated rings. The number of nitrogens with zero attached hydrogens (tertiary/aromatic N) is 2. The molecular weight excluding hydrogens is 304 g/mol. The van der Waals surface area contributed by atoms with Crippen molar-refractivity contribution in [2.24, 2.45) is 5.92 Å². The number of aliphatic hydroxyl groups excluding tert-OH is 1. The Morgan fingerprint density at radius 2 is 2.23 bits per heavy atom. The van der Waals surface area contributed by atoms with Gasteiger partial charge in [-0.15, -0.1) is 0 Å². The van der Waals surface area contributed by atoms with Gasteiger partial charge in [-0.1, -0.05) is 24.6 Å². The van der Waals surface area contributed by atoms with Crippen LogP contribution in [0.2, 0.25) is 0 Å². The summed E-state index contributed by atoms with van der Waals surface area (Å²) in [5.41, 5.74) is 0.468. The fourth-order valence-corrected chi connectivity index (χ4v) is 2.97. The number of carbonyl (C=O) groups excluding carboxylic acids is 1. The Kier molecular flexibility index (Phi) is 6.45. The molecule has 0 bridgehead atoms. The molecule has 1 aromatic heterocycles. The molecule has 1 saturated carbocycles. The average Bonchev–Trinajstić information content (AvgIpc) is 3.06. The first kappa shape index (κ1) is 17.0. The van der Waals surface area contributed by atoms with Gasteiger partial charge in [0.1, 0.15) is 11.8 Å². The Bertz CT molecular complexity index is 506. The van der Waals surface area contributed by atoms with Crippen molar-refractivity contribution in [3.05, 3.63) is 11.9 Å². The van der Waals surface area contributed by atoms with Crippen molar-refractivity contribution in [1.29, 1.82) is 0 Å². The molecule has 0 spiro atoms. The minimum atomic E-state index is -0.686. The Morgan fingerprint density at radius 3 is 2.86 bits per heavy atom. The third kappa shape index (κ3) is 4.33. The molecule has 7 heteroatoms. The van der Waals surface area contributed by atoms with E-state index in [-0.39, 0.29) is 12.5 Å². The second kappa shape index (κ2) is 8.33. The predicted octanol–water partition coefficient (Wildman–Crippen LogP) is 2.36. The fraction of sp³-hybridized carbons (Fsp3) is 0.667. The topological polar surface area (TPSA) is 81.5 Å². The van der Waals surface area contributed by atoms with Gasteiger partial charge in [0.25, 0.3) is 0 Å². The first-order chi connectivity index (χ1) is 10.7. The highest BCUT2D eigenvalue weighted by atomic mass is 32.2. The van der Waals surface area contributed by atoms with Crippen molar-refractivity contribution in [1.82, 2.24) is 9.97 Å². The second-order valence-corrected chi connectivity index (χ2v) is 5.96. The van der Waals surface area contributed by atoms with Crippen molar-refractivity contribution < 1.29 is 19.4 Å². The lowest BCUT2D eigenvalue weighted by Gasteiger charge is -2.20. The molecule has 1 aromatic rings. The highest BCUT2D eigenvalue weighted by Crippen LogP contribution is 2.38. The summed E-state index contributed by atoms with van der Waals surface area (Å²) in [6, 6.07) is 0. The van der Waals surface area contributed by atoms with Gasteiger partial charge in [0.15, 0.2) is 17.5 Å². The number of rotatable bonds is 7. The molecule has 6 nitrogen and oxygen atoms in total. The van der Waals surface area contributed by atoms with Crippen LogP contribution >= 0.6 is 11.8 Å². The smallest absolute Gasteiger partial charge is 0.344 e. The zero-order valence-electron chi connectivity index (χ0n) is 12.9. The van der Waals surface area contributed by atoms with Crippen molar-refractivity contribution in [3.63, 3.8) is 0 Å². The van der Waals surface area contributed by atoms with E-state index in [4.69, 9.17) is 9.47 Å². The maximum absolute atomic E-state index is 11.4. The summed E-state index contributed by atoms with van der Waals surface area (Å²) in [7, 11) is 0. The van der Waals surface area contributed by atoms with Gasteiger partial charge in [-0.25, -0.2) is 14.8 Å². The monoisotopic (exact) mass is 326 g/mol. The molecule has 1 aliphatic rings. The van der Waals surface area contributed by atoms with Crippen molar-refractivity contribution >= 4 is 17.7 Å². The zero-order valence-corrected chi connectivity index (χ0v) is 13.8. The maximum Gasteiger partial charge on any atom is 0.344 e. The highest BCUT2D eigenvalue weighted by molar-refractivity contribution is 7.98. The molecule has 1 heterocycles. The number of hydrogen-bond donors (Lipinski definition) is 1. The van der Waals surface area contributed by atoms with Crippen molar-refractivity contribution in [3.8, 4) is 5.75 Å². The van der Waals surface area contributed by atoms with Crippen molar-refractivity contribution in [2.45, 2.75) is 43.9 Å². The van der Waals surface area contributed by atoms with E-state index in [1.165, 1.54) is 18.0 Å². The molecule has 122 valence electrons. The van der Waals surface area contributed by atoms with Crippen LogP contribution in [0.1, 0.15) is 44.4 Å². The molecule has 1 N–H and O–H groups in total. The van der Waals surface area contributed by atoms with Crippen molar-refractivity contribution in [2.75, 3.05) is 19.5 Å². The normalized spacial score (nSPS) is 16.5. The summed E-state index contributed by atoms with van der Waals surface area (Å²) in [4.78, 5) is 20.0. The van der Waals surface area contributed by atoms with E-state index >= 15 is 0 Å². The standard InChI is InChI=1S/C15H22N2O4S/c1-3-20-12(18)9-21-11-8-16-15(22-2)17-13(11)14(19)10-6-4-5-7-10/h8,10,14,19H,3-7,9H2,1-2H3. The Balaban J connectivity index is 2.15. The molecule has 0 amide bonds. The number of hydrogen-bond acceptors (Lipinski definition) is 7. The summed E-state index contributed by atoms with van der Waals surface area (Å²) in [5, 5.41) is 11.2. The number of esters is 1. The van der Waals surface area contributed by atoms with Gasteiger partial charge in [0, 0.05) is 0 Å². The third-order valence-electron chi connectivity index (χ3n) is 3.72. The lowest BCUT2D eigenvalue weighted by Crippen LogP contribution is -2.18. The van der Waals surface area contributed by atoms with Crippen LogP contribution in [0.3, 0.4) is 0 Å². The zero-order chi connectivity index (χ0) is 15.9. The predicted molar refractivity (Wildman–Crippen MR) is 82.9 cm³/mol. The first-order valence-electron chi connectivity index (χ1n) is 7.53. The van der Waals surface area contributed by atoms with Crippen LogP contribution < -0.4 is 4.74 Å². The summed E-state index contributed by atoms with van der Waals surface area (Å²) in [6.07, 6.45) is 6.93. The van der Waals surface area contributed by atoms with Crippen LogP contribution in [0.5, 0.6) is 5.75 Å². The fourth-order valence-electron chi connectivity index (χ4n) is 2.62. The average molecular weight is 326 g/mol. The Morgan fingerprint density at radius 1 is 1.50 bits per heavy atom. The minimum absolute atomic E-state index is 0.189. The van der Waals surface area contributed by atoms with E-state index < -0.39 is 12.1 Å². The van der Waals surface area contributed by atoms with Gasteiger partial charge in [0.2, 0.25) is 0 Å². The van der Waals surface area contributed by atoms with E-state index in [0.717, 1.165) is 25.7 Å². The SMILES string of the molecule is CCOC(=O)COc1cnc(SC)nc1C(O)C1CCCC1. The lowest BCUT2D eigenvalue weighted by atomic mass is 9.98. The minimum Gasteiger partial charge on any atom is -0.478 e. The maximum atomic E-state index is 11.4. The first-order valence-corrected chi connectivity index (χ1v) is 8.75. The molecular formula is C15H22N2O4S. The van der Waals surface area contributed by atoms with Gasteiger partial charge in [0.05, 0.1) is 12.8 Å². The van der Waals surface area contributed by atoms with E-state index in [1.54, 1.807) is 6.92 Å². The van der Waals surface area contributed by atoms with Gasteiger partial charge in [-0.3, -0.25) is 0 Å². The molecule has 22 heavy (non-hydrogen) atoms. The van der Waals surface area contributed by atoms with E-state index in [0.29, 0.717) is 23.2 Å². The number of aliphatic hydroxyl groups is 1. The molecule has 0 aliphatic heterocycles. The molecule has 0 aromatic carbocycles. The molecule has 1 atom stereocenters. The quantitative estimate of drug-likeness (QED) is 0.468. The van der Waals surface area contributed by atoms with Gasteiger partial charge in [-0.2, -0.15) is 0 Å². The Labute approximate surface area is 134 Å². The molecule has 1 aliphatic carbocycles. The lowest BCUT2D eigenvalue weighted by molar-refractivity contribution is -0.145. The van der Waals surface area contributed by atoms with Crippen LogP contribution in [0.25, 0.3) is 0 Å². The number of carbonyl (C=O) groups is 1. The highest BCUT2D eigenvalue weighted by Gasteiger charge is 2.28. The number of thioether (sulfide) groups is 1. The van der Waals surface area contributed by atoms with E-state index in [9.17, 15) is 9.90 Å². The van der Waals surface area contributed by atoms with Gasteiger partial charge >= 0.3 is 5.97 Å². The third-order valence-corrected chi connectivity index (χ3v) is 4.28. The van der Waals surface area contributed by atoms with Crippen LogP contribution in [-0.2, 0) is 9.53 Å². The summed E-state index contributed by atoms with van der Waals surface area (Å²) >= 11 is 1.40.